The number of nitrogens with one attached hydrogen (secondary N) is 1. The molecule has 0 spiro atoms. The van der Waals surface area contributed by atoms with E-state index in [0.717, 1.165) is 5.75 Å². The number of thiophene rings is 1. The maximum Gasteiger partial charge on any atom is 0.129 e. The van der Waals surface area contributed by atoms with Crippen LogP contribution in [0.1, 0.15) is 47.2 Å². The summed E-state index contributed by atoms with van der Waals surface area (Å²) in [5.41, 5.74) is 5.70. The molecule has 1 saturated carbocycles. The summed E-state index contributed by atoms with van der Waals surface area (Å²) in [5.74, 6) is 7.42. The standard InChI is InChI=1S/C16H20N2OS/c1-19-12-9-15(20-10-12)16(18-17)14-8-3-2-7-13(14)11-5-4-6-11/h2-3,7-11,16,18H,4-6,17H2,1H3. The number of methoxy groups -OCH3 is 1. The van der Waals surface area contributed by atoms with Crippen LogP contribution in [-0.2, 0) is 0 Å². The van der Waals surface area contributed by atoms with Gasteiger partial charge in [-0.1, -0.05) is 30.7 Å². The van der Waals surface area contributed by atoms with Crippen molar-refractivity contribution in [3.8, 4) is 5.75 Å². The molecular weight excluding hydrogens is 268 g/mol. The van der Waals surface area contributed by atoms with E-state index in [9.17, 15) is 0 Å². The van der Waals surface area contributed by atoms with Crippen molar-refractivity contribution in [1.29, 1.82) is 0 Å². The van der Waals surface area contributed by atoms with Gasteiger partial charge >= 0.3 is 0 Å². The summed E-state index contributed by atoms with van der Waals surface area (Å²) in [6.07, 6.45) is 3.93. The third-order valence-electron chi connectivity index (χ3n) is 4.13. The number of rotatable bonds is 5. The second-order valence-corrected chi connectivity index (χ2v) is 6.19. The first-order valence-electron chi connectivity index (χ1n) is 7.01. The van der Waals surface area contributed by atoms with E-state index >= 15 is 0 Å². The molecule has 1 aromatic heterocycles. The van der Waals surface area contributed by atoms with Crippen LogP contribution < -0.4 is 16.0 Å². The molecule has 4 heteroatoms. The molecule has 1 atom stereocenters. The highest BCUT2D eigenvalue weighted by Gasteiger charge is 2.25. The van der Waals surface area contributed by atoms with Gasteiger partial charge in [-0.2, -0.15) is 0 Å². The number of hydrogen-bond donors (Lipinski definition) is 2. The van der Waals surface area contributed by atoms with Crippen LogP contribution in [0.5, 0.6) is 5.75 Å². The minimum atomic E-state index is 0.0423. The summed E-state index contributed by atoms with van der Waals surface area (Å²) in [6.45, 7) is 0. The lowest BCUT2D eigenvalue weighted by Crippen LogP contribution is -2.29. The average Bonchev–Trinajstić information content (AvgIpc) is 2.88. The molecule has 1 aliphatic rings. The Hall–Kier alpha value is -1.36. The van der Waals surface area contributed by atoms with Gasteiger partial charge in [0.25, 0.3) is 0 Å². The summed E-state index contributed by atoms with van der Waals surface area (Å²) in [4.78, 5) is 1.19. The van der Waals surface area contributed by atoms with E-state index in [1.54, 1.807) is 18.4 Å². The SMILES string of the molecule is COc1csc(C(NN)c2ccccc2C2CCC2)c1. The molecule has 0 amide bonds. The molecule has 106 valence electrons. The predicted molar refractivity (Wildman–Crippen MR) is 83.1 cm³/mol. The lowest BCUT2D eigenvalue weighted by atomic mass is 9.77. The van der Waals surface area contributed by atoms with Crippen molar-refractivity contribution in [2.45, 2.75) is 31.2 Å². The van der Waals surface area contributed by atoms with Gasteiger partial charge in [-0.15, -0.1) is 11.3 Å². The number of hydrogen-bond acceptors (Lipinski definition) is 4. The first-order valence-corrected chi connectivity index (χ1v) is 7.89. The van der Waals surface area contributed by atoms with Crippen molar-refractivity contribution in [3.63, 3.8) is 0 Å². The molecule has 3 nitrogen and oxygen atoms in total. The van der Waals surface area contributed by atoms with Crippen LogP contribution in [0, 0.1) is 0 Å². The van der Waals surface area contributed by atoms with Crippen molar-refractivity contribution in [2.75, 3.05) is 7.11 Å². The highest BCUT2D eigenvalue weighted by atomic mass is 32.1. The van der Waals surface area contributed by atoms with E-state index in [4.69, 9.17) is 10.6 Å². The van der Waals surface area contributed by atoms with E-state index < -0.39 is 0 Å². The number of benzene rings is 1. The molecule has 0 radical (unpaired) electrons. The fraction of sp³-hybridized carbons (Fsp3) is 0.375. The Morgan fingerprint density at radius 2 is 2.15 bits per heavy atom. The molecule has 1 unspecified atom stereocenters. The zero-order valence-electron chi connectivity index (χ0n) is 11.6. The number of hydrazine groups is 1. The van der Waals surface area contributed by atoms with Gasteiger partial charge in [-0.3, -0.25) is 5.84 Å². The predicted octanol–water partition coefficient (Wildman–Crippen LogP) is 3.58. The highest BCUT2D eigenvalue weighted by Crippen LogP contribution is 2.41. The fourth-order valence-electron chi connectivity index (χ4n) is 2.78. The lowest BCUT2D eigenvalue weighted by Gasteiger charge is -2.30. The van der Waals surface area contributed by atoms with Gasteiger partial charge < -0.3 is 4.74 Å². The van der Waals surface area contributed by atoms with E-state index in [2.05, 4.69) is 35.8 Å². The van der Waals surface area contributed by atoms with Gasteiger partial charge in [0, 0.05) is 10.3 Å². The summed E-state index contributed by atoms with van der Waals surface area (Å²) in [7, 11) is 1.69. The normalized spacial score (nSPS) is 16.7. The van der Waals surface area contributed by atoms with E-state index in [1.807, 2.05) is 5.38 Å². The van der Waals surface area contributed by atoms with Gasteiger partial charge in [-0.05, 0) is 36.0 Å². The highest BCUT2D eigenvalue weighted by molar-refractivity contribution is 7.10. The first kappa shape index (κ1) is 13.6. The molecule has 3 rings (SSSR count). The van der Waals surface area contributed by atoms with Crippen molar-refractivity contribution in [3.05, 3.63) is 51.7 Å². The second-order valence-electron chi connectivity index (χ2n) is 5.25. The van der Waals surface area contributed by atoms with Gasteiger partial charge in [-0.25, -0.2) is 5.43 Å². The van der Waals surface area contributed by atoms with E-state index in [0.29, 0.717) is 5.92 Å². The van der Waals surface area contributed by atoms with Crippen molar-refractivity contribution < 1.29 is 4.74 Å². The van der Waals surface area contributed by atoms with Crippen LogP contribution in [0.2, 0.25) is 0 Å². The molecule has 0 aliphatic heterocycles. The minimum Gasteiger partial charge on any atom is -0.496 e. The van der Waals surface area contributed by atoms with Gasteiger partial charge in [0.15, 0.2) is 0 Å². The van der Waals surface area contributed by atoms with Crippen LogP contribution in [0.3, 0.4) is 0 Å². The van der Waals surface area contributed by atoms with Crippen LogP contribution >= 0.6 is 11.3 Å². The Morgan fingerprint density at radius 1 is 1.35 bits per heavy atom. The van der Waals surface area contributed by atoms with Crippen LogP contribution in [0.25, 0.3) is 0 Å². The van der Waals surface area contributed by atoms with Gasteiger partial charge in [0.05, 0.1) is 13.2 Å². The molecule has 1 heterocycles. The molecule has 2 aromatic rings. The summed E-state index contributed by atoms with van der Waals surface area (Å²) in [5, 5.41) is 2.02. The minimum absolute atomic E-state index is 0.0423. The molecule has 0 bridgehead atoms. The Kier molecular flexibility index (Phi) is 4.05. The monoisotopic (exact) mass is 288 g/mol. The molecule has 0 saturated heterocycles. The molecule has 3 N–H and O–H groups in total. The maximum absolute atomic E-state index is 5.83. The molecule has 1 fully saturated rings. The van der Waals surface area contributed by atoms with Crippen molar-refractivity contribution in [1.82, 2.24) is 5.43 Å². The quantitative estimate of drug-likeness (QED) is 0.653. The van der Waals surface area contributed by atoms with Crippen molar-refractivity contribution >= 4 is 11.3 Å². The third-order valence-corrected chi connectivity index (χ3v) is 5.11. The van der Waals surface area contributed by atoms with Crippen molar-refractivity contribution in [2.24, 2.45) is 5.84 Å². The Morgan fingerprint density at radius 3 is 2.75 bits per heavy atom. The fourth-order valence-corrected chi connectivity index (χ4v) is 3.71. The zero-order chi connectivity index (χ0) is 13.9. The van der Waals surface area contributed by atoms with E-state index in [1.165, 1.54) is 35.3 Å². The maximum atomic E-state index is 5.83. The number of ether oxygens (including phenoxy) is 1. The summed E-state index contributed by atoms with van der Waals surface area (Å²) >= 11 is 1.68. The Labute approximate surface area is 123 Å². The second kappa shape index (κ2) is 5.95. The van der Waals surface area contributed by atoms with Crippen LogP contribution in [0.15, 0.2) is 35.7 Å². The molecule has 20 heavy (non-hydrogen) atoms. The molecular formula is C16H20N2OS. The smallest absolute Gasteiger partial charge is 0.129 e. The topological polar surface area (TPSA) is 47.3 Å². The number of nitrogens with two attached hydrogens (primary N) is 1. The third kappa shape index (κ3) is 2.46. The van der Waals surface area contributed by atoms with Gasteiger partial charge in [0.2, 0.25) is 0 Å². The summed E-state index contributed by atoms with van der Waals surface area (Å²) < 4.78 is 5.28. The van der Waals surface area contributed by atoms with Gasteiger partial charge in [0.1, 0.15) is 5.75 Å². The summed E-state index contributed by atoms with van der Waals surface area (Å²) in [6, 6.07) is 10.7. The molecule has 1 aromatic carbocycles. The largest absolute Gasteiger partial charge is 0.496 e. The van der Waals surface area contributed by atoms with E-state index in [-0.39, 0.29) is 6.04 Å². The first-order chi connectivity index (χ1) is 9.83. The molecule has 1 aliphatic carbocycles. The Bertz CT molecular complexity index is 577. The average molecular weight is 288 g/mol. The lowest BCUT2D eigenvalue weighted by molar-refractivity contribution is 0.413. The Balaban J connectivity index is 1.96. The van der Waals surface area contributed by atoms with Crippen LogP contribution in [0.4, 0.5) is 0 Å². The zero-order valence-corrected chi connectivity index (χ0v) is 12.5. The van der Waals surface area contributed by atoms with Crippen LogP contribution in [-0.4, -0.2) is 7.11 Å².